The average molecular weight is 278 g/mol. The van der Waals surface area contributed by atoms with Crippen LogP contribution in [0.3, 0.4) is 0 Å². The zero-order valence-corrected chi connectivity index (χ0v) is 11.4. The van der Waals surface area contributed by atoms with Gasteiger partial charge in [0.05, 0.1) is 18.2 Å². The van der Waals surface area contributed by atoms with Gasteiger partial charge in [0, 0.05) is 0 Å². The molecule has 0 amide bonds. The van der Waals surface area contributed by atoms with Crippen molar-refractivity contribution in [3.8, 4) is 11.5 Å². The highest BCUT2D eigenvalue weighted by Gasteiger charge is 2.09. The summed E-state index contributed by atoms with van der Waals surface area (Å²) >= 11 is 6.02. The molecule has 2 N–H and O–H groups in total. The Morgan fingerprint density at radius 2 is 1.95 bits per heavy atom. The molecule has 0 fully saturated rings. The molecule has 2 aromatic rings. The number of nitrogens with two attached hydrogens (primary N) is 1. The number of para-hydroxylation sites is 1. The van der Waals surface area contributed by atoms with Gasteiger partial charge >= 0.3 is 0 Å². The minimum Gasteiger partial charge on any atom is -0.497 e. The minimum atomic E-state index is -0.230. The molecule has 1 unspecified atom stereocenters. The third kappa shape index (κ3) is 3.63. The minimum absolute atomic E-state index is 0.230. The van der Waals surface area contributed by atoms with Gasteiger partial charge in [0.15, 0.2) is 0 Å². The highest BCUT2D eigenvalue weighted by Crippen LogP contribution is 2.25. The first-order chi connectivity index (χ1) is 9.20. The first-order valence-corrected chi connectivity index (χ1v) is 6.35. The third-order valence-corrected chi connectivity index (χ3v) is 3.09. The van der Waals surface area contributed by atoms with Gasteiger partial charge in [-0.2, -0.15) is 0 Å². The zero-order valence-electron chi connectivity index (χ0n) is 10.7. The molecule has 19 heavy (non-hydrogen) atoms. The Balaban J connectivity index is 2.01. The summed E-state index contributed by atoms with van der Waals surface area (Å²) in [4.78, 5) is 0. The van der Waals surface area contributed by atoms with Crippen LogP contribution in [-0.2, 0) is 0 Å². The standard InChI is InChI=1S/C15H16ClNO2/c1-18-12-6-4-5-11(9-12)14(17)10-19-15-8-3-2-7-13(15)16/h2-9,14H,10,17H2,1H3. The molecular weight excluding hydrogens is 262 g/mol. The summed E-state index contributed by atoms with van der Waals surface area (Å²) in [6.45, 7) is 0.358. The molecule has 0 spiro atoms. The lowest BCUT2D eigenvalue weighted by Crippen LogP contribution is -2.19. The number of hydrogen-bond acceptors (Lipinski definition) is 3. The molecule has 0 aliphatic rings. The summed E-state index contributed by atoms with van der Waals surface area (Å²) in [5.74, 6) is 1.42. The highest BCUT2D eigenvalue weighted by atomic mass is 35.5. The van der Waals surface area contributed by atoms with Gasteiger partial charge in [0.1, 0.15) is 18.1 Å². The Hall–Kier alpha value is -1.71. The Kier molecular flexibility index (Phi) is 4.66. The maximum atomic E-state index is 6.09. The smallest absolute Gasteiger partial charge is 0.137 e. The zero-order chi connectivity index (χ0) is 13.7. The molecule has 100 valence electrons. The van der Waals surface area contributed by atoms with E-state index in [1.165, 1.54) is 0 Å². The summed E-state index contributed by atoms with van der Waals surface area (Å²) in [7, 11) is 1.63. The van der Waals surface area contributed by atoms with E-state index in [1.807, 2.05) is 42.5 Å². The second-order valence-corrected chi connectivity index (χ2v) is 4.53. The number of ether oxygens (including phenoxy) is 2. The van der Waals surface area contributed by atoms with Crippen molar-refractivity contribution >= 4 is 11.6 Å². The van der Waals surface area contributed by atoms with Crippen LogP contribution in [0, 0.1) is 0 Å². The molecule has 2 rings (SSSR count). The van der Waals surface area contributed by atoms with E-state index in [9.17, 15) is 0 Å². The van der Waals surface area contributed by atoms with Crippen LogP contribution in [0.5, 0.6) is 11.5 Å². The van der Waals surface area contributed by atoms with Gasteiger partial charge in [-0.1, -0.05) is 35.9 Å². The molecule has 2 aromatic carbocycles. The molecule has 0 heterocycles. The second-order valence-electron chi connectivity index (χ2n) is 4.12. The Bertz CT molecular complexity index is 545. The van der Waals surface area contributed by atoms with Gasteiger partial charge in [0.25, 0.3) is 0 Å². The molecular formula is C15H16ClNO2. The van der Waals surface area contributed by atoms with Gasteiger partial charge in [-0.05, 0) is 29.8 Å². The molecule has 0 saturated carbocycles. The largest absolute Gasteiger partial charge is 0.497 e. The van der Waals surface area contributed by atoms with E-state index in [-0.39, 0.29) is 6.04 Å². The van der Waals surface area contributed by atoms with Gasteiger partial charge in [-0.25, -0.2) is 0 Å². The van der Waals surface area contributed by atoms with Crippen LogP contribution < -0.4 is 15.2 Å². The van der Waals surface area contributed by atoms with Gasteiger partial charge < -0.3 is 15.2 Å². The fourth-order valence-electron chi connectivity index (χ4n) is 1.71. The maximum Gasteiger partial charge on any atom is 0.137 e. The van der Waals surface area contributed by atoms with Crippen molar-refractivity contribution in [1.82, 2.24) is 0 Å². The SMILES string of the molecule is COc1cccc(C(N)COc2ccccc2Cl)c1. The van der Waals surface area contributed by atoms with E-state index in [4.69, 9.17) is 26.8 Å². The van der Waals surface area contributed by atoms with Crippen LogP contribution in [0.4, 0.5) is 0 Å². The summed E-state index contributed by atoms with van der Waals surface area (Å²) in [6, 6.07) is 14.7. The fraction of sp³-hybridized carbons (Fsp3) is 0.200. The highest BCUT2D eigenvalue weighted by molar-refractivity contribution is 6.32. The number of halogens is 1. The van der Waals surface area contributed by atoms with Crippen molar-refractivity contribution in [3.05, 3.63) is 59.1 Å². The van der Waals surface area contributed by atoms with Crippen molar-refractivity contribution in [1.29, 1.82) is 0 Å². The molecule has 0 aliphatic carbocycles. The van der Waals surface area contributed by atoms with E-state index in [0.29, 0.717) is 17.4 Å². The first-order valence-electron chi connectivity index (χ1n) is 5.97. The van der Waals surface area contributed by atoms with Crippen LogP contribution in [0.15, 0.2) is 48.5 Å². The molecule has 0 radical (unpaired) electrons. The van der Waals surface area contributed by atoms with Crippen molar-refractivity contribution in [3.63, 3.8) is 0 Å². The van der Waals surface area contributed by atoms with E-state index in [0.717, 1.165) is 11.3 Å². The molecule has 0 aliphatic heterocycles. The van der Waals surface area contributed by atoms with Crippen molar-refractivity contribution < 1.29 is 9.47 Å². The summed E-state index contributed by atoms with van der Waals surface area (Å²) in [6.07, 6.45) is 0. The molecule has 4 heteroatoms. The van der Waals surface area contributed by atoms with Crippen LogP contribution >= 0.6 is 11.6 Å². The summed E-state index contributed by atoms with van der Waals surface area (Å²) < 4.78 is 10.8. The predicted octanol–water partition coefficient (Wildman–Crippen LogP) is 3.43. The van der Waals surface area contributed by atoms with E-state index in [1.54, 1.807) is 13.2 Å². The third-order valence-electron chi connectivity index (χ3n) is 2.78. The molecule has 0 bridgehead atoms. The number of methoxy groups -OCH3 is 1. The van der Waals surface area contributed by atoms with Crippen LogP contribution in [0.1, 0.15) is 11.6 Å². The number of benzene rings is 2. The number of rotatable bonds is 5. The van der Waals surface area contributed by atoms with Gasteiger partial charge in [-0.3, -0.25) is 0 Å². The first kappa shape index (κ1) is 13.7. The average Bonchev–Trinajstić information content (AvgIpc) is 2.46. The van der Waals surface area contributed by atoms with Crippen LogP contribution in [0.2, 0.25) is 5.02 Å². The van der Waals surface area contributed by atoms with E-state index < -0.39 is 0 Å². The molecule has 0 aromatic heterocycles. The topological polar surface area (TPSA) is 44.5 Å². The fourth-order valence-corrected chi connectivity index (χ4v) is 1.90. The monoisotopic (exact) mass is 277 g/mol. The normalized spacial score (nSPS) is 11.9. The van der Waals surface area contributed by atoms with Gasteiger partial charge in [0.2, 0.25) is 0 Å². The van der Waals surface area contributed by atoms with Crippen molar-refractivity contribution in [2.45, 2.75) is 6.04 Å². The lowest BCUT2D eigenvalue weighted by molar-refractivity contribution is 0.290. The second kappa shape index (κ2) is 6.45. The Morgan fingerprint density at radius 1 is 1.16 bits per heavy atom. The lowest BCUT2D eigenvalue weighted by Gasteiger charge is -2.15. The summed E-state index contributed by atoms with van der Waals surface area (Å²) in [5.41, 5.74) is 7.06. The molecule has 3 nitrogen and oxygen atoms in total. The van der Waals surface area contributed by atoms with Crippen molar-refractivity contribution in [2.75, 3.05) is 13.7 Å². The molecule has 0 saturated heterocycles. The lowest BCUT2D eigenvalue weighted by atomic mass is 10.1. The number of hydrogen-bond donors (Lipinski definition) is 1. The van der Waals surface area contributed by atoms with Crippen LogP contribution in [0.25, 0.3) is 0 Å². The van der Waals surface area contributed by atoms with Crippen molar-refractivity contribution in [2.24, 2.45) is 5.73 Å². The Labute approximate surface area is 117 Å². The van der Waals surface area contributed by atoms with Crippen LogP contribution in [-0.4, -0.2) is 13.7 Å². The van der Waals surface area contributed by atoms with Gasteiger partial charge in [-0.15, -0.1) is 0 Å². The molecule has 1 atom stereocenters. The van der Waals surface area contributed by atoms with E-state index >= 15 is 0 Å². The quantitative estimate of drug-likeness (QED) is 0.911. The Morgan fingerprint density at radius 3 is 2.68 bits per heavy atom. The van der Waals surface area contributed by atoms with E-state index in [2.05, 4.69) is 0 Å². The predicted molar refractivity (Wildman–Crippen MR) is 76.9 cm³/mol. The summed E-state index contributed by atoms with van der Waals surface area (Å²) in [5, 5.41) is 0.584. The maximum absolute atomic E-state index is 6.09.